The summed E-state index contributed by atoms with van der Waals surface area (Å²) < 4.78 is 31.8. The zero-order valence-corrected chi connectivity index (χ0v) is 29.5. The van der Waals surface area contributed by atoms with Crippen molar-refractivity contribution in [2.45, 2.75) is 91.0 Å². The van der Waals surface area contributed by atoms with Gasteiger partial charge in [0.05, 0.1) is 22.2 Å². The molecule has 0 aliphatic rings. The summed E-state index contributed by atoms with van der Waals surface area (Å²) in [5, 5.41) is 8.58. The van der Waals surface area contributed by atoms with Crippen LogP contribution >= 0.6 is 11.6 Å². The Kier molecular flexibility index (Phi) is 12.1. The van der Waals surface area contributed by atoms with E-state index in [-0.39, 0.29) is 29.0 Å². The second-order valence-corrected chi connectivity index (χ2v) is 15.1. The zero-order valence-electron chi connectivity index (χ0n) is 28.0. The van der Waals surface area contributed by atoms with Gasteiger partial charge in [-0.25, -0.2) is 17.9 Å². The number of carbonyl (C=O) groups is 1. The maximum absolute atomic E-state index is 13.8. The molecule has 0 fully saturated rings. The van der Waals surface area contributed by atoms with Crippen LogP contribution in [0.5, 0.6) is 0 Å². The Labute approximate surface area is 283 Å². The lowest BCUT2D eigenvalue weighted by Gasteiger charge is -2.18. The number of unbranched alkanes of at least 4 members (excludes halogenated alkanes) is 3. The lowest BCUT2D eigenvalue weighted by molar-refractivity contribution is -0.121. The molecular formula is C36H46ClN5O4S. The van der Waals surface area contributed by atoms with Gasteiger partial charge in [0.15, 0.2) is 0 Å². The van der Waals surface area contributed by atoms with Crippen molar-refractivity contribution < 1.29 is 13.2 Å². The number of hydrogen-bond acceptors (Lipinski definition) is 6. The molecule has 0 saturated carbocycles. The number of aryl methyl sites for hydroxylation is 1. The van der Waals surface area contributed by atoms with E-state index in [0.29, 0.717) is 34.1 Å². The summed E-state index contributed by atoms with van der Waals surface area (Å²) in [7, 11) is -4.10. The topological polar surface area (TPSA) is 115 Å². The number of nitrogens with one attached hydrogen (secondary N) is 2. The van der Waals surface area contributed by atoms with E-state index < -0.39 is 15.9 Å². The van der Waals surface area contributed by atoms with Gasteiger partial charge in [0.2, 0.25) is 5.91 Å². The summed E-state index contributed by atoms with van der Waals surface area (Å²) in [5.41, 5.74) is 2.76. The molecule has 0 unspecified atom stereocenters. The summed E-state index contributed by atoms with van der Waals surface area (Å²) in [4.78, 5) is 26.3. The lowest BCUT2D eigenvalue weighted by atomic mass is 9.92. The van der Waals surface area contributed by atoms with E-state index in [1.54, 1.807) is 28.8 Å². The zero-order chi connectivity index (χ0) is 34.2. The number of hydrogen-bond donors (Lipinski definition) is 2. The molecule has 1 heterocycles. The molecule has 0 spiro atoms. The normalized spacial score (nSPS) is 11.9. The number of carbonyl (C=O) groups excluding carboxylic acids is 1. The molecule has 47 heavy (non-hydrogen) atoms. The highest BCUT2D eigenvalue weighted by Crippen LogP contribution is 2.29. The van der Waals surface area contributed by atoms with E-state index in [2.05, 4.69) is 23.9 Å². The predicted molar refractivity (Wildman–Crippen MR) is 190 cm³/mol. The van der Waals surface area contributed by atoms with Crippen molar-refractivity contribution in [1.82, 2.24) is 19.1 Å². The Morgan fingerprint density at radius 1 is 0.936 bits per heavy atom. The highest BCUT2D eigenvalue weighted by atomic mass is 35.5. The van der Waals surface area contributed by atoms with Crippen LogP contribution in [0.3, 0.4) is 0 Å². The van der Waals surface area contributed by atoms with Gasteiger partial charge in [-0.1, -0.05) is 108 Å². The Bertz CT molecular complexity index is 1840. The number of sulfonamides is 1. The highest BCUT2D eigenvalue weighted by Gasteiger charge is 2.25. The van der Waals surface area contributed by atoms with Gasteiger partial charge < -0.3 is 5.32 Å². The number of aromatic nitrogens is 3. The van der Waals surface area contributed by atoms with Gasteiger partial charge in [0.25, 0.3) is 10.0 Å². The number of nitrogens with zero attached hydrogens (tertiary/aromatic N) is 3. The molecular weight excluding hydrogens is 634 g/mol. The van der Waals surface area contributed by atoms with Crippen LogP contribution in [0.15, 0.2) is 76.4 Å². The second-order valence-electron chi connectivity index (χ2n) is 13.1. The van der Waals surface area contributed by atoms with Crippen molar-refractivity contribution >= 4 is 33.2 Å². The molecule has 0 aliphatic heterocycles. The molecule has 4 rings (SSSR count). The van der Waals surface area contributed by atoms with Crippen LogP contribution in [0.25, 0.3) is 16.8 Å². The number of halogens is 1. The van der Waals surface area contributed by atoms with Gasteiger partial charge in [0, 0.05) is 30.6 Å². The predicted octanol–water partition coefficient (Wildman–Crippen LogP) is 7.59. The van der Waals surface area contributed by atoms with Crippen molar-refractivity contribution in [1.29, 1.82) is 0 Å². The maximum Gasteiger partial charge on any atom is 0.351 e. The van der Waals surface area contributed by atoms with E-state index in [1.807, 2.05) is 57.2 Å². The van der Waals surface area contributed by atoms with E-state index in [4.69, 9.17) is 16.7 Å². The molecule has 0 bridgehead atoms. The minimum atomic E-state index is -4.10. The number of amides is 1. The number of anilines is 1. The first-order valence-corrected chi connectivity index (χ1v) is 18.2. The van der Waals surface area contributed by atoms with E-state index >= 15 is 0 Å². The smallest absolute Gasteiger partial charge is 0.351 e. The Morgan fingerprint density at radius 2 is 1.64 bits per heavy atom. The Balaban J connectivity index is 1.62. The third-order valence-electron chi connectivity index (χ3n) is 7.70. The van der Waals surface area contributed by atoms with Crippen LogP contribution in [0.1, 0.15) is 84.5 Å². The van der Waals surface area contributed by atoms with Gasteiger partial charge in [-0.05, 0) is 53.6 Å². The van der Waals surface area contributed by atoms with Crippen molar-refractivity contribution in [2.24, 2.45) is 5.41 Å². The summed E-state index contributed by atoms with van der Waals surface area (Å²) >= 11 is 6.59. The van der Waals surface area contributed by atoms with Gasteiger partial charge >= 0.3 is 5.69 Å². The molecule has 1 amide bonds. The second kappa shape index (κ2) is 15.8. The van der Waals surface area contributed by atoms with Gasteiger partial charge in [-0.3, -0.25) is 9.36 Å². The van der Waals surface area contributed by atoms with Crippen LogP contribution in [0.4, 0.5) is 5.69 Å². The molecule has 11 heteroatoms. The van der Waals surface area contributed by atoms with Crippen LogP contribution in [0.2, 0.25) is 5.02 Å². The molecule has 9 nitrogen and oxygen atoms in total. The fourth-order valence-corrected chi connectivity index (χ4v) is 6.71. The lowest BCUT2D eigenvalue weighted by Crippen LogP contribution is -2.33. The molecule has 0 radical (unpaired) electrons. The third-order valence-corrected chi connectivity index (χ3v) is 9.45. The van der Waals surface area contributed by atoms with Crippen molar-refractivity contribution in [3.05, 3.63) is 93.6 Å². The van der Waals surface area contributed by atoms with Crippen molar-refractivity contribution in [3.8, 4) is 16.8 Å². The fraction of sp³-hybridized carbons (Fsp3) is 0.417. The molecule has 0 atom stereocenters. The molecule has 1 aromatic heterocycles. The van der Waals surface area contributed by atoms with Gasteiger partial charge in [-0.15, -0.1) is 5.10 Å². The standard InChI is InChI=1S/C36H46ClN5O4S/c1-6-8-12-22-38-28-20-21-30(37)31(23-28)42-35(44)41(33(39-42)15-9-7-2)25-26-16-18-27(19-17-26)29-13-10-11-14-32(29)47(45,46)40-34(43)24-36(3,4)5/h10-11,13-14,16-21,23,38H,6-9,12,15,22,24-25H2,1-5H3,(H,40,43). The summed E-state index contributed by atoms with van der Waals surface area (Å²) in [6.07, 6.45) is 5.87. The summed E-state index contributed by atoms with van der Waals surface area (Å²) in [5.74, 6) is 0.115. The summed E-state index contributed by atoms with van der Waals surface area (Å²) in [6.45, 7) is 11.0. The molecule has 3 aromatic carbocycles. The fourth-order valence-electron chi connectivity index (χ4n) is 5.30. The minimum absolute atomic E-state index is 0.0216. The average Bonchev–Trinajstić information content (AvgIpc) is 3.32. The minimum Gasteiger partial charge on any atom is -0.385 e. The maximum atomic E-state index is 13.8. The van der Waals surface area contributed by atoms with Crippen LogP contribution < -0.4 is 15.7 Å². The van der Waals surface area contributed by atoms with Gasteiger partial charge in [-0.2, -0.15) is 4.68 Å². The summed E-state index contributed by atoms with van der Waals surface area (Å²) in [6, 6.07) is 19.5. The van der Waals surface area contributed by atoms with E-state index in [9.17, 15) is 18.0 Å². The van der Waals surface area contributed by atoms with Crippen LogP contribution in [-0.2, 0) is 27.8 Å². The SMILES string of the molecule is CCCCCNc1ccc(Cl)c(-n2nc(CCCC)n(Cc3ccc(-c4ccccc4S(=O)(=O)NC(=O)CC(C)(C)C)cc3)c2=O)c1. The molecule has 4 aromatic rings. The van der Waals surface area contributed by atoms with Gasteiger partial charge in [0.1, 0.15) is 5.82 Å². The van der Waals surface area contributed by atoms with Crippen molar-refractivity contribution in [3.63, 3.8) is 0 Å². The molecule has 0 aliphatic carbocycles. The number of benzene rings is 3. The van der Waals surface area contributed by atoms with E-state index in [1.165, 1.54) is 10.7 Å². The first kappa shape index (κ1) is 36.0. The largest absolute Gasteiger partial charge is 0.385 e. The van der Waals surface area contributed by atoms with Crippen molar-refractivity contribution in [2.75, 3.05) is 11.9 Å². The first-order chi connectivity index (χ1) is 22.3. The Hall–Kier alpha value is -3.89. The monoisotopic (exact) mass is 679 g/mol. The quantitative estimate of drug-likeness (QED) is 0.125. The third kappa shape index (κ3) is 9.58. The molecule has 252 valence electrons. The molecule has 0 saturated heterocycles. The first-order valence-electron chi connectivity index (χ1n) is 16.3. The highest BCUT2D eigenvalue weighted by molar-refractivity contribution is 7.90. The van der Waals surface area contributed by atoms with E-state index in [0.717, 1.165) is 49.9 Å². The van der Waals surface area contributed by atoms with Crippen LogP contribution in [-0.4, -0.2) is 35.2 Å². The Morgan fingerprint density at radius 3 is 2.32 bits per heavy atom. The van der Waals surface area contributed by atoms with Crippen LogP contribution in [0, 0.1) is 5.41 Å². The average molecular weight is 680 g/mol. The number of rotatable bonds is 15. The molecule has 2 N–H and O–H groups in total.